The van der Waals surface area contributed by atoms with Gasteiger partial charge in [-0.3, -0.25) is 9.69 Å². The number of hydrogen-bond acceptors (Lipinski definition) is 3. The number of anilines is 2. The highest BCUT2D eigenvalue weighted by atomic mass is 35.5. The molecule has 0 aromatic heterocycles. The van der Waals surface area contributed by atoms with Crippen molar-refractivity contribution in [3.05, 3.63) is 58.1 Å². The van der Waals surface area contributed by atoms with Gasteiger partial charge < -0.3 is 10.2 Å². The predicted octanol–water partition coefficient (Wildman–Crippen LogP) is 4.45. The summed E-state index contributed by atoms with van der Waals surface area (Å²) in [6.07, 6.45) is 0. The summed E-state index contributed by atoms with van der Waals surface area (Å²) in [5, 5.41) is 3.90. The Kier molecular flexibility index (Phi) is 6.07. The molecule has 4 nitrogen and oxygen atoms in total. The van der Waals surface area contributed by atoms with Gasteiger partial charge in [-0.05, 0) is 49.7 Å². The molecule has 2 aromatic carbocycles. The second-order valence-corrected chi connectivity index (χ2v) is 7.50. The highest BCUT2D eigenvalue weighted by Crippen LogP contribution is 2.26. The third-order valence-electron chi connectivity index (χ3n) is 4.80. The van der Waals surface area contributed by atoms with Crippen LogP contribution in [0.3, 0.4) is 0 Å². The molecule has 1 atom stereocenters. The molecule has 1 aliphatic rings. The van der Waals surface area contributed by atoms with E-state index in [1.54, 1.807) is 18.2 Å². The van der Waals surface area contributed by atoms with Crippen LogP contribution < -0.4 is 10.2 Å². The topological polar surface area (TPSA) is 35.6 Å². The number of nitrogens with zero attached hydrogens (tertiary/aromatic N) is 2. The largest absolute Gasteiger partial charge is 0.369 e. The Labute approximate surface area is 164 Å². The molecular formula is C20H23Cl2N3O. The van der Waals surface area contributed by atoms with Crippen molar-refractivity contribution in [3.8, 4) is 0 Å². The lowest BCUT2D eigenvalue weighted by atomic mass is 10.1. The van der Waals surface area contributed by atoms with Crippen molar-refractivity contribution in [2.45, 2.75) is 19.9 Å². The summed E-state index contributed by atoms with van der Waals surface area (Å²) in [4.78, 5) is 17.2. The fraction of sp³-hybridized carbons (Fsp3) is 0.350. The molecule has 1 N–H and O–H groups in total. The second kappa shape index (κ2) is 8.30. The van der Waals surface area contributed by atoms with Gasteiger partial charge >= 0.3 is 0 Å². The normalized spacial score (nSPS) is 16.4. The molecule has 3 rings (SSSR count). The number of nitrogens with one attached hydrogen (secondary N) is 1. The Hall–Kier alpha value is -1.75. The fourth-order valence-electron chi connectivity index (χ4n) is 3.19. The van der Waals surface area contributed by atoms with E-state index in [1.807, 2.05) is 6.92 Å². The van der Waals surface area contributed by atoms with Crippen molar-refractivity contribution in [1.29, 1.82) is 0 Å². The van der Waals surface area contributed by atoms with Gasteiger partial charge in [0.15, 0.2) is 0 Å². The van der Waals surface area contributed by atoms with E-state index < -0.39 is 0 Å². The molecule has 1 amide bonds. The monoisotopic (exact) mass is 391 g/mol. The quantitative estimate of drug-likeness (QED) is 0.835. The maximum absolute atomic E-state index is 12.6. The molecule has 1 saturated heterocycles. The SMILES string of the molecule is Cc1cccc(N2CCN(C(C)C(=O)Nc3ccc(Cl)cc3Cl)CC2)c1. The number of amides is 1. The Bertz CT molecular complexity index is 788. The molecule has 0 saturated carbocycles. The van der Waals surface area contributed by atoms with E-state index in [4.69, 9.17) is 23.2 Å². The predicted molar refractivity (Wildman–Crippen MR) is 110 cm³/mol. The zero-order chi connectivity index (χ0) is 18.7. The highest BCUT2D eigenvalue weighted by molar-refractivity contribution is 6.36. The molecular weight excluding hydrogens is 369 g/mol. The molecule has 6 heteroatoms. The van der Waals surface area contributed by atoms with E-state index in [0.717, 1.165) is 26.2 Å². The molecule has 0 bridgehead atoms. The average molecular weight is 392 g/mol. The van der Waals surface area contributed by atoms with Crippen molar-refractivity contribution < 1.29 is 4.79 Å². The van der Waals surface area contributed by atoms with E-state index in [9.17, 15) is 4.79 Å². The summed E-state index contributed by atoms with van der Waals surface area (Å²) in [5.41, 5.74) is 3.10. The minimum atomic E-state index is -0.221. The Morgan fingerprint density at radius 1 is 1.08 bits per heavy atom. The van der Waals surface area contributed by atoms with E-state index in [-0.39, 0.29) is 11.9 Å². The van der Waals surface area contributed by atoms with Crippen molar-refractivity contribution in [2.24, 2.45) is 0 Å². The van der Waals surface area contributed by atoms with Crippen LogP contribution >= 0.6 is 23.2 Å². The van der Waals surface area contributed by atoms with Crippen molar-refractivity contribution >= 4 is 40.5 Å². The Balaban J connectivity index is 1.57. The smallest absolute Gasteiger partial charge is 0.241 e. The van der Waals surface area contributed by atoms with Crippen LogP contribution in [0.4, 0.5) is 11.4 Å². The van der Waals surface area contributed by atoms with Gasteiger partial charge in [0.25, 0.3) is 0 Å². The van der Waals surface area contributed by atoms with Gasteiger partial charge in [-0.15, -0.1) is 0 Å². The lowest BCUT2D eigenvalue weighted by molar-refractivity contribution is -0.120. The van der Waals surface area contributed by atoms with Gasteiger partial charge in [0.1, 0.15) is 0 Å². The van der Waals surface area contributed by atoms with Gasteiger partial charge in [0.05, 0.1) is 16.8 Å². The third-order valence-corrected chi connectivity index (χ3v) is 5.35. The van der Waals surface area contributed by atoms with Gasteiger partial charge in [0.2, 0.25) is 5.91 Å². The van der Waals surface area contributed by atoms with Crippen molar-refractivity contribution in [3.63, 3.8) is 0 Å². The van der Waals surface area contributed by atoms with Crippen LogP contribution in [-0.4, -0.2) is 43.0 Å². The van der Waals surface area contributed by atoms with Crippen molar-refractivity contribution in [2.75, 3.05) is 36.4 Å². The number of hydrogen-bond donors (Lipinski definition) is 1. The number of halogens is 2. The summed E-state index contributed by atoms with van der Waals surface area (Å²) < 4.78 is 0. The van der Waals surface area contributed by atoms with Crippen LogP contribution in [0.1, 0.15) is 12.5 Å². The molecule has 138 valence electrons. The number of rotatable bonds is 4. The van der Waals surface area contributed by atoms with Crippen LogP contribution in [-0.2, 0) is 4.79 Å². The molecule has 0 aliphatic carbocycles. The van der Waals surface area contributed by atoms with Gasteiger partial charge in [-0.2, -0.15) is 0 Å². The van der Waals surface area contributed by atoms with Gasteiger partial charge in [0, 0.05) is 36.9 Å². The second-order valence-electron chi connectivity index (χ2n) is 6.65. The first-order valence-corrected chi connectivity index (χ1v) is 9.51. The Morgan fingerprint density at radius 3 is 2.46 bits per heavy atom. The van der Waals surface area contributed by atoms with Crippen LogP contribution in [0.5, 0.6) is 0 Å². The van der Waals surface area contributed by atoms with Gasteiger partial charge in [-0.25, -0.2) is 0 Å². The molecule has 1 unspecified atom stereocenters. The van der Waals surface area contributed by atoms with Crippen LogP contribution in [0.15, 0.2) is 42.5 Å². The molecule has 1 heterocycles. The van der Waals surface area contributed by atoms with E-state index in [1.165, 1.54) is 11.3 Å². The fourth-order valence-corrected chi connectivity index (χ4v) is 3.64. The molecule has 1 aliphatic heterocycles. The van der Waals surface area contributed by atoms with Crippen LogP contribution in [0, 0.1) is 6.92 Å². The number of benzene rings is 2. The molecule has 0 radical (unpaired) electrons. The minimum absolute atomic E-state index is 0.0572. The first kappa shape index (κ1) is 19.0. The maximum Gasteiger partial charge on any atom is 0.241 e. The third kappa shape index (κ3) is 4.50. The summed E-state index contributed by atoms with van der Waals surface area (Å²) in [6.45, 7) is 7.54. The Morgan fingerprint density at radius 2 is 1.81 bits per heavy atom. The minimum Gasteiger partial charge on any atom is -0.369 e. The average Bonchev–Trinajstić information content (AvgIpc) is 2.63. The lowest BCUT2D eigenvalue weighted by Gasteiger charge is -2.38. The number of carbonyl (C=O) groups excluding carboxylic acids is 1. The number of carbonyl (C=O) groups is 1. The standard InChI is InChI=1S/C20H23Cl2N3O/c1-14-4-3-5-17(12-14)25-10-8-24(9-11-25)15(2)20(26)23-19-7-6-16(21)13-18(19)22/h3-7,12-13,15H,8-11H2,1-2H3,(H,23,26). The van der Waals surface area contributed by atoms with Crippen molar-refractivity contribution in [1.82, 2.24) is 4.90 Å². The summed E-state index contributed by atoms with van der Waals surface area (Å²) in [6, 6.07) is 13.4. The van der Waals surface area contributed by atoms with Crippen LogP contribution in [0.25, 0.3) is 0 Å². The van der Waals surface area contributed by atoms with E-state index in [2.05, 4.69) is 46.3 Å². The molecule has 1 fully saturated rings. The summed E-state index contributed by atoms with van der Waals surface area (Å²) in [5.74, 6) is -0.0572. The zero-order valence-electron chi connectivity index (χ0n) is 15.0. The number of piperazine rings is 1. The zero-order valence-corrected chi connectivity index (χ0v) is 16.5. The molecule has 0 spiro atoms. The van der Waals surface area contributed by atoms with E-state index in [0.29, 0.717) is 15.7 Å². The highest BCUT2D eigenvalue weighted by Gasteiger charge is 2.26. The lowest BCUT2D eigenvalue weighted by Crippen LogP contribution is -2.52. The van der Waals surface area contributed by atoms with Gasteiger partial charge in [-0.1, -0.05) is 35.3 Å². The molecule has 26 heavy (non-hydrogen) atoms. The van der Waals surface area contributed by atoms with E-state index >= 15 is 0 Å². The summed E-state index contributed by atoms with van der Waals surface area (Å²) in [7, 11) is 0. The first-order valence-electron chi connectivity index (χ1n) is 8.75. The maximum atomic E-state index is 12.6. The molecule has 2 aromatic rings. The number of aryl methyl sites for hydroxylation is 1. The summed E-state index contributed by atoms with van der Waals surface area (Å²) >= 11 is 12.0. The van der Waals surface area contributed by atoms with Crippen LogP contribution in [0.2, 0.25) is 10.0 Å². The first-order chi connectivity index (χ1) is 12.4.